The Hall–Kier alpha value is -2.30. The molecule has 2 aliphatic rings. The van der Waals surface area contributed by atoms with Crippen LogP contribution in [0, 0.1) is 12.8 Å². The first-order chi connectivity index (χ1) is 13.9. The van der Waals surface area contributed by atoms with Crippen molar-refractivity contribution in [2.24, 2.45) is 5.92 Å². The van der Waals surface area contributed by atoms with E-state index in [1.807, 2.05) is 6.92 Å². The Labute approximate surface area is 174 Å². The fourth-order valence-corrected chi connectivity index (χ4v) is 5.47. The summed E-state index contributed by atoms with van der Waals surface area (Å²) < 4.78 is 41.0. The minimum absolute atomic E-state index is 0.0862. The highest BCUT2D eigenvalue weighted by Gasteiger charge is 2.51. The van der Waals surface area contributed by atoms with Crippen molar-refractivity contribution in [3.63, 3.8) is 0 Å². The molecule has 0 radical (unpaired) electrons. The number of nitrogens with zero attached hydrogens (tertiary/aromatic N) is 3. The fourth-order valence-electron chi connectivity index (χ4n) is 4.14. The number of nitrogens with one attached hydrogen (secondary N) is 1. The van der Waals surface area contributed by atoms with Crippen LogP contribution in [0.1, 0.15) is 37.1 Å². The van der Waals surface area contributed by atoms with Gasteiger partial charge < -0.3 is 10.2 Å². The van der Waals surface area contributed by atoms with Gasteiger partial charge in [-0.05, 0) is 31.7 Å². The molecule has 2 unspecified atom stereocenters. The van der Waals surface area contributed by atoms with E-state index in [4.69, 9.17) is 0 Å². The van der Waals surface area contributed by atoms with Crippen molar-refractivity contribution in [1.82, 2.24) is 19.4 Å². The second kappa shape index (κ2) is 6.86. The minimum atomic E-state index is -4.42. The molecule has 1 saturated carbocycles. The SMILES string of the molecule is Cc1c(CN2CCNC2=O)sc2c1c(=O)n(C1(C)CC1C)c(=O)n2CCC(F)(F)F. The topological polar surface area (TPSA) is 76.3 Å². The molecule has 2 aromatic heterocycles. The number of aromatic nitrogens is 2. The van der Waals surface area contributed by atoms with Gasteiger partial charge in [0.05, 0.1) is 23.9 Å². The first-order valence-corrected chi connectivity index (χ1v) is 10.6. The maximum Gasteiger partial charge on any atom is 0.390 e. The smallest absolute Gasteiger partial charge is 0.336 e. The standard InChI is InChI=1S/C19H23F3N4O3S/c1-10-8-18(10,3)26-14(27)13-11(2)12(9-24-7-5-23-16(24)28)30-15(13)25(17(26)29)6-4-19(20,21)22/h10H,4-9H2,1-3H3,(H,23,28). The number of halogens is 3. The lowest BCUT2D eigenvalue weighted by Gasteiger charge is -2.18. The van der Waals surface area contributed by atoms with Crippen LogP contribution >= 0.6 is 11.3 Å². The average Bonchev–Trinajstić information content (AvgIpc) is 2.93. The van der Waals surface area contributed by atoms with Gasteiger partial charge >= 0.3 is 17.9 Å². The second-order valence-electron chi connectivity index (χ2n) is 8.39. The Kier molecular flexibility index (Phi) is 4.79. The molecule has 4 rings (SSSR count). The number of carbonyl (C=O) groups excluding carboxylic acids is 1. The van der Waals surface area contributed by atoms with Crippen LogP contribution in [-0.2, 0) is 18.6 Å². The zero-order chi connectivity index (χ0) is 22.0. The largest absolute Gasteiger partial charge is 0.390 e. The third-order valence-corrected chi connectivity index (χ3v) is 7.64. The summed E-state index contributed by atoms with van der Waals surface area (Å²) in [7, 11) is 0. The molecule has 1 aliphatic carbocycles. The second-order valence-corrected chi connectivity index (χ2v) is 9.47. The summed E-state index contributed by atoms with van der Waals surface area (Å²) in [4.78, 5) is 40.9. The zero-order valence-corrected chi connectivity index (χ0v) is 17.7. The number of urea groups is 1. The van der Waals surface area contributed by atoms with Crippen molar-refractivity contribution in [1.29, 1.82) is 0 Å². The number of aryl methyl sites for hydroxylation is 2. The molecule has 2 fully saturated rings. The molecule has 2 amide bonds. The molecule has 11 heteroatoms. The molecule has 3 heterocycles. The number of amides is 2. The van der Waals surface area contributed by atoms with Gasteiger partial charge in [-0.25, -0.2) is 9.59 Å². The Balaban J connectivity index is 1.90. The van der Waals surface area contributed by atoms with Crippen LogP contribution in [0.3, 0.4) is 0 Å². The van der Waals surface area contributed by atoms with Crippen LogP contribution in [-0.4, -0.2) is 39.3 Å². The Morgan fingerprint density at radius 2 is 1.93 bits per heavy atom. The van der Waals surface area contributed by atoms with Gasteiger partial charge in [0.1, 0.15) is 4.83 Å². The predicted octanol–water partition coefficient (Wildman–Crippen LogP) is 2.77. The maximum absolute atomic E-state index is 13.3. The van der Waals surface area contributed by atoms with Crippen molar-refractivity contribution in [3.8, 4) is 0 Å². The van der Waals surface area contributed by atoms with E-state index >= 15 is 0 Å². The summed E-state index contributed by atoms with van der Waals surface area (Å²) in [5.74, 6) is 0.0862. The minimum Gasteiger partial charge on any atom is -0.336 e. The summed E-state index contributed by atoms with van der Waals surface area (Å²) in [5, 5.41) is 2.97. The molecule has 2 atom stereocenters. The molecule has 0 spiro atoms. The van der Waals surface area contributed by atoms with Crippen molar-refractivity contribution >= 4 is 27.6 Å². The number of alkyl halides is 3. The average molecular weight is 444 g/mol. The predicted molar refractivity (Wildman–Crippen MR) is 107 cm³/mol. The molecule has 0 bridgehead atoms. The Morgan fingerprint density at radius 3 is 2.47 bits per heavy atom. The van der Waals surface area contributed by atoms with Gasteiger partial charge in [0.25, 0.3) is 5.56 Å². The van der Waals surface area contributed by atoms with Gasteiger partial charge in [-0.15, -0.1) is 11.3 Å². The van der Waals surface area contributed by atoms with Gasteiger partial charge in [-0.3, -0.25) is 13.9 Å². The lowest BCUT2D eigenvalue weighted by molar-refractivity contribution is -0.136. The molecule has 2 aromatic rings. The van der Waals surface area contributed by atoms with Crippen LogP contribution in [0.25, 0.3) is 10.2 Å². The van der Waals surface area contributed by atoms with E-state index in [0.717, 1.165) is 20.5 Å². The number of hydrogen-bond donors (Lipinski definition) is 1. The van der Waals surface area contributed by atoms with Crippen LogP contribution in [0.2, 0.25) is 0 Å². The van der Waals surface area contributed by atoms with Crippen molar-refractivity contribution in [3.05, 3.63) is 31.3 Å². The highest BCUT2D eigenvalue weighted by atomic mass is 32.1. The molecular formula is C19H23F3N4O3S. The Bertz CT molecular complexity index is 1150. The third-order valence-electron chi connectivity index (χ3n) is 6.34. The van der Waals surface area contributed by atoms with Crippen LogP contribution in [0.4, 0.5) is 18.0 Å². The molecule has 164 valence electrons. The summed E-state index contributed by atoms with van der Waals surface area (Å²) >= 11 is 1.12. The zero-order valence-electron chi connectivity index (χ0n) is 16.9. The molecule has 7 nitrogen and oxygen atoms in total. The van der Waals surface area contributed by atoms with E-state index in [2.05, 4.69) is 5.32 Å². The van der Waals surface area contributed by atoms with Crippen LogP contribution < -0.4 is 16.6 Å². The third kappa shape index (κ3) is 3.32. The number of fused-ring (bicyclic) bond motifs is 1. The van der Waals surface area contributed by atoms with E-state index in [9.17, 15) is 27.6 Å². The summed E-state index contributed by atoms with van der Waals surface area (Å²) in [6.07, 6.45) is -4.96. The molecule has 1 aliphatic heterocycles. The number of thiophene rings is 1. The van der Waals surface area contributed by atoms with Gasteiger partial charge in [0.15, 0.2) is 0 Å². The number of rotatable bonds is 5. The van der Waals surface area contributed by atoms with Crippen molar-refractivity contribution < 1.29 is 18.0 Å². The van der Waals surface area contributed by atoms with Crippen molar-refractivity contribution in [2.75, 3.05) is 13.1 Å². The highest BCUT2D eigenvalue weighted by molar-refractivity contribution is 7.18. The highest BCUT2D eigenvalue weighted by Crippen LogP contribution is 2.48. The monoisotopic (exact) mass is 444 g/mol. The van der Waals surface area contributed by atoms with E-state index in [-0.39, 0.29) is 28.7 Å². The molecular weight excluding hydrogens is 421 g/mol. The van der Waals surface area contributed by atoms with Crippen LogP contribution in [0.5, 0.6) is 0 Å². The quantitative estimate of drug-likeness (QED) is 0.771. The Morgan fingerprint density at radius 1 is 1.27 bits per heavy atom. The van der Waals surface area contributed by atoms with Gasteiger partial charge in [-0.2, -0.15) is 13.2 Å². The summed E-state index contributed by atoms with van der Waals surface area (Å²) in [5.41, 5.74) is -1.23. The van der Waals surface area contributed by atoms with E-state index in [0.29, 0.717) is 30.0 Å². The maximum atomic E-state index is 13.3. The summed E-state index contributed by atoms with van der Waals surface area (Å²) in [6.45, 7) is 6.15. The van der Waals surface area contributed by atoms with E-state index in [1.54, 1.807) is 18.7 Å². The first kappa shape index (κ1) is 21.0. The lowest BCUT2D eigenvalue weighted by Crippen LogP contribution is -2.45. The van der Waals surface area contributed by atoms with Gasteiger partial charge in [-0.1, -0.05) is 6.92 Å². The van der Waals surface area contributed by atoms with Crippen molar-refractivity contribution in [2.45, 2.75) is 58.4 Å². The van der Waals surface area contributed by atoms with Gasteiger partial charge in [0, 0.05) is 24.5 Å². The van der Waals surface area contributed by atoms with E-state index in [1.165, 1.54) is 0 Å². The van der Waals surface area contributed by atoms with E-state index < -0.39 is 35.9 Å². The lowest BCUT2D eigenvalue weighted by atomic mass is 10.2. The molecule has 1 saturated heterocycles. The van der Waals surface area contributed by atoms with Crippen LogP contribution in [0.15, 0.2) is 9.59 Å². The molecule has 30 heavy (non-hydrogen) atoms. The fraction of sp³-hybridized carbons (Fsp3) is 0.632. The normalized spacial score (nSPS) is 24.0. The van der Waals surface area contributed by atoms with Gasteiger partial charge in [0.2, 0.25) is 0 Å². The summed E-state index contributed by atoms with van der Waals surface area (Å²) in [6, 6.07) is -0.224. The first-order valence-electron chi connectivity index (χ1n) is 9.82. The number of hydrogen-bond acceptors (Lipinski definition) is 4. The number of carbonyl (C=O) groups is 1. The molecule has 0 aromatic carbocycles. The molecule has 1 N–H and O–H groups in total.